The van der Waals surface area contributed by atoms with Crippen LogP contribution in [-0.4, -0.2) is 47.1 Å². The maximum Gasteiger partial charge on any atom is 0.408 e. The molecule has 0 fully saturated rings. The first kappa shape index (κ1) is 17.9. The minimum absolute atomic E-state index is 0.280. The minimum atomic E-state index is -1.57. The molecule has 132 valence electrons. The molecule has 0 unspecified atom stereocenters. The average Bonchev–Trinajstić information content (AvgIpc) is 2.49. The Balaban J connectivity index is 2.15. The summed E-state index contributed by atoms with van der Waals surface area (Å²) in [6, 6.07) is 3.03. The number of hydrogen-bond donors (Lipinski definition) is 3. The quantitative estimate of drug-likeness (QED) is 0.761. The Hall–Kier alpha value is -2.48. The molecule has 1 amide bonds. The molecule has 0 spiro atoms. The standard InChI is InChI=1S/C16H21NO7/c1-16(2,3)24-15(21)17-12(14(19)20)13(18)9-4-5-10-11(8-9)23-7-6-22-10/h4-5,8,12-13,18H,6-7H2,1-3H3,(H,17,21)(H,19,20)/t12-,13+/m0/s1. The van der Waals surface area contributed by atoms with Gasteiger partial charge in [0, 0.05) is 0 Å². The number of carbonyl (C=O) groups is 2. The molecule has 3 N–H and O–H groups in total. The van der Waals surface area contributed by atoms with Crippen molar-refractivity contribution >= 4 is 12.1 Å². The number of aliphatic hydroxyl groups is 1. The number of aliphatic hydroxyl groups excluding tert-OH is 1. The molecular formula is C16H21NO7. The third kappa shape index (κ3) is 4.51. The van der Waals surface area contributed by atoms with Crippen LogP contribution in [0.15, 0.2) is 18.2 Å². The summed E-state index contributed by atoms with van der Waals surface area (Å²) in [5.41, 5.74) is -0.502. The van der Waals surface area contributed by atoms with E-state index in [9.17, 15) is 19.8 Å². The van der Waals surface area contributed by atoms with Crippen LogP contribution in [0.2, 0.25) is 0 Å². The fourth-order valence-corrected chi connectivity index (χ4v) is 2.15. The van der Waals surface area contributed by atoms with Crippen LogP contribution in [0, 0.1) is 0 Å². The van der Waals surface area contributed by atoms with Crippen molar-refractivity contribution in [2.24, 2.45) is 0 Å². The van der Waals surface area contributed by atoms with Gasteiger partial charge in [-0.2, -0.15) is 0 Å². The van der Waals surface area contributed by atoms with E-state index >= 15 is 0 Å². The molecule has 2 atom stereocenters. The van der Waals surface area contributed by atoms with E-state index in [0.29, 0.717) is 24.7 Å². The zero-order chi connectivity index (χ0) is 17.9. The van der Waals surface area contributed by atoms with Crippen LogP contribution in [0.25, 0.3) is 0 Å². The van der Waals surface area contributed by atoms with Crippen LogP contribution < -0.4 is 14.8 Å². The van der Waals surface area contributed by atoms with Crippen molar-refractivity contribution in [2.45, 2.75) is 38.5 Å². The van der Waals surface area contributed by atoms with Gasteiger partial charge in [-0.1, -0.05) is 6.07 Å². The van der Waals surface area contributed by atoms with E-state index in [2.05, 4.69) is 5.32 Å². The van der Waals surface area contributed by atoms with Crippen molar-refractivity contribution in [1.29, 1.82) is 0 Å². The zero-order valence-electron chi connectivity index (χ0n) is 13.7. The summed E-state index contributed by atoms with van der Waals surface area (Å²) in [5.74, 6) is -0.452. The molecule has 0 aromatic heterocycles. The van der Waals surface area contributed by atoms with Crippen LogP contribution in [-0.2, 0) is 9.53 Å². The van der Waals surface area contributed by atoms with E-state index < -0.39 is 29.8 Å². The molecule has 1 aromatic rings. The van der Waals surface area contributed by atoms with E-state index in [4.69, 9.17) is 14.2 Å². The molecule has 2 rings (SSSR count). The number of ether oxygens (including phenoxy) is 3. The maximum atomic E-state index is 11.8. The number of hydrogen-bond acceptors (Lipinski definition) is 6. The fourth-order valence-electron chi connectivity index (χ4n) is 2.15. The first-order chi connectivity index (χ1) is 11.2. The SMILES string of the molecule is CC(C)(C)OC(=O)N[C@H](C(=O)O)[C@H](O)c1ccc2c(c1)OCCO2. The summed E-state index contributed by atoms with van der Waals surface area (Å²) < 4.78 is 15.8. The van der Waals surface area contributed by atoms with Crippen molar-refractivity contribution in [1.82, 2.24) is 5.32 Å². The third-order valence-electron chi connectivity index (χ3n) is 3.16. The summed E-state index contributed by atoms with van der Waals surface area (Å²) in [7, 11) is 0. The second-order valence-corrected chi connectivity index (χ2v) is 6.31. The van der Waals surface area contributed by atoms with Gasteiger partial charge in [-0.25, -0.2) is 9.59 Å². The van der Waals surface area contributed by atoms with Crippen molar-refractivity contribution < 1.29 is 34.0 Å². The second kappa shape index (κ2) is 6.96. The summed E-state index contributed by atoms with van der Waals surface area (Å²) in [5, 5.41) is 21.8. The highest BCUT2D eigenvalue weighted by Crippen LogP contribution is 2.33. The second-order valence-electron chi connectivity index (χ2n) is 6.31. The normalized spacial score (nSPS) is 16.0. The molecule has 0 saturated carbocycles. The largest absolute Gasteiger partial charge is 0.486 e. The number of rotatable bonds is 4. The molecule has 1 heterocycles. The molecular weight excluding hydrogens is 318 g/mol. The van der Waals surface area contributed by atoms with Gasteiger partial charge in [-0.3, -0.25) is 0 Å². The first-order valence-corrected chi connectivity index (χ1v) is 7.47. The number of aliphatic carboxylic acids is 1. The van der Waals surface area contributed by atoms with Crippen molar-refractivity contribution in [3.63, 3.8) is 0 Å². The molecule has 8 heteroatoms. The van der Waals surface area contributed by atoms with Gasteiger partial charge in [-0.15, -0.1) is 0 Å². The molecule has 0 bridgehead atoms. The molecule has 1 aromatic carbocycles. The predicted octanol–water partition coefficient (Wildman–Crippen LogP) is 1.47. The maximum absolute atomic E-state index is 11.8. The number of nitrogens with one attached hydrogen (secondary N) is 1. The van der Waals surface area contributed by atoms with Gasteiger partial charge in [0.1, 0.15) is 24.9 Å². The topological polar surface area (TPSA) is 114 Å². The molecule has 1 aliphatic rings. The Kier molecular flexibility index (Phi) is 5.18. The molecule has 8 nitrogen and oxygen atoms in total. The van der Waals surface area contributed by atoms with Gasteiger partial charge >= 0.3 is 12.1 Å². The van der Waals surface area contributed by atoms with Gasteiger partial charge in [0.2, 0.25) is 0 Å². The molecule has 0 radical (unpaired) electrons. The number of carboxylic acid groups (broad SMARTS) is 1. The first-order valence-electron chi connectivity index (χ1n) is 7.47. The van der Waals surface area contributed by atoms with Crippen LogP contribution in [0.1, 0.15) is 32.4 Å². The van der Waals surface area contributed by atoms with E-state index in [1.165, 1.54) is 12.1 Å². The van der Waals surface area contributed by atoms with E-state index in [0.717, 1.165) is 0 Å². The lowest BCUT2D eigenvalue weighted by Gasteiger charge is -2.25. The van der Waals surface area contributed by atoms with Crippen molar-refractivity contribution in [3.05, 3.63) is 23.8 Å². The van der Waals surface area contributed by atoms with Gasteiger partial charge in [0.05, 0.1) is 0 Å². The number of fused-ring (bicyclic) bond motifs is 1. The highest BCUT2D eigenvalue weighted by Gasteiger charge is 2.32. The van der Waals surface area contributed by atoms with Crippen LogP contribution in [0.3, 0.4) is 0 Å². The summed E-state index contributed by atoms with van der Waals surface area (Å²) in [4.78, 5) is 23.2. The highest BCUT2D eigenvalue weighted by molar-refractivity contribution is 5.81. The average molecular weight is 339 g/mol. The number of carbonyl (C=O) groups excluding carboxylic acids is 1. The monoisotopic (exact) mass is 339 g/mol. The van der Waals surface area contributed by atoms with Crippen molar-refractivity contribution in [3.8, 4) is 11.5 Å². The van der Waals surface area contributed by atoms with Gasteiger partial charge in [-0.05, 0) is 38.5 Å². The fraction of sp³-hybridized carbons (Fsp3) is 0.500. The van der Waals surface area contributed by atoms with Gasteiger partial charge in [0.15, 0.2) is 17.5 Å². The van der Waals surface area contributed by atoms with Crippen LogP contribution in [0.5, 0.6) is 11.5 Å². The van der Waals surface area contributed by atoms with Crippen molar-refractivity contribution in [2.75, 3.05) is 13.2 Å². The molecule has 1 aliphatic heterocycles. The van der Waals surface area contributed by atoms with E-state index in [1.54, 1.807) is 26.8 Å². The summed E-state index contributed by atoms with van der Waals surface area (Å²) in [6.07, 6.45) is -2.41. The van der Waals surface area contributed by atoms with E-state index in [1.807, 2.05) is 0 Å². The predicted molar refractivity (Wildman–Crippen MR) is 83.2 cm³/mol. The lowest BCUT2D eigenvalue weighted by atomic mass is 10.0. The number of benzene rings is 1. The molecule has 0 saturated heterocycles. The Morgan fingerprint density at radius 1 is 1.21 bits per heavy atom. The highest BCUT2D eigenvalue weighted by atomic mass is 16.6. The summed E-state index contributed by atoms with van der Waals surface area (Å²) in [6.45, 7) is 5.75. The smallest absolute Gasteiger partial charge is 0.408 e. The summed E-state index contributed by atoms with van der Waals surface area (Å²) >= 11 is 0. The lowest BCUT2D eigenvalue weighted by Crippen LogP contribution is -2.46. The Morgan fingerprint density at radius 2 is 1.83 bits per heavy atom. The number of amides is 1. The molecule has 0 aliphatic carbocycles. The number of alkyl carbamates (subject to hydrolysis) is 1. The number of carboxylic acids is 1. The lowest BCUT2D eigenvalue weighted by molar-refractivity contribution is -0.142. The van der Waals surface area contributed by atoms with Gasteiger partial charge in [0.25, 0.3) is 0 Å². The Morgan fingerprint density at radius 3 is 2.42 bits per heavy atom. The van der Waals surface area contributed by atoms with Gasteiger partial charge < -0.3 is 29.7 Å². The van der Waals surface area contributed by atoms with E-state index in [-0.39, 0.29) is 5.56 Å². The minimum Gasteiger partial charge on any atom is -0.486 e. The third-order valence-corrected chi connectivity index (χ3v) is 3.16. The zero-order valence-corrected chi connectivity index (χ0v) is 13.7. The van der Waals surface area contributed by atoms with Crippen LogP contribution in [0.4, 0.5) is 4.79 Å². The Bertz CT molecular complexity index is 623. The molecule has 24 heavy (non-hydrogen) atoms. The Labute approximate surface area is 139 Å². The van der Waals surface area contributed by atoms with Crippen LogP contribution >= 0.6 is 0 Å².